The number of piperidine rings is 1. The Morgan fingerprint density at radius 3 is 3.00 bits per heavy atom. The van der Waals surface area contributed by atoms with Gasteiger partial charge in [-0.1, -0.05) is 11.3 Å². The van der Waals surface area contributed by atoms with Gasteiger partial charge in [0.15, 0.2) is 5.13 Å². The molecule has 0 radical (unpaired) electrons. The number of amides is 1. The zero-order chi connectivity index (χ0) is 14.4. The van der Waals surface area contributed by atoms with Gasteiger partial charge in [0.05, 0.1) is 23.4 Å². The predicted molar refractivity (Wildman–Crippen MR) is 82.8 cm³/mol. The SMILES string of the molecule is NC(=O)c1ccc2sc(N3CCCC4(COC4)C3)nc2c1. The molecule has 0 aliphatic carbocycles. The Morgan fingerprint density at radius 1 is 1.43 bits per heavy atom. The van der Waals surface area contributed by atoms with Crippen molar-refractivity contribution in [2.24, 2.45) is 11.1 Å². The molecule has 1 aromatic carbocycles. The Labute approximate surface area is 126 Å². The number of thiazole rings is 1. The Morgan fingerprint density at radius 2 is 2.29 bits per heavy atom. The van der Waals surface area contributed by atoms with E-state index in [9.17, 15) is 4.79 Å². The third-order valence-corrected chi connectivity index (χ3v) is 5.51. The highest BCUT2D eigenvalue weighted by Gasteiger charge is 2.42. The molecule has 0 bridgehead atoms. The molecule has 4 rings (SSSR count). The molecule has 5 nitrogen and oxygen atoms in total. The van der Waals surface area contributed by atoms with Gasteiger partial charge >= 0.3 is 0 Å². The zero-order valence-electron chi connectivity index (χ0n) is 11.7. The van der Waals surface area contributed by atoms with Crippen LogP contribution in [0.5, 0.6) is 0 Å². The quantitative estimate of drug-likeness (QED) is 0.921. The van der Waals surface area contributed by atoms with Crippen LogP contribution in [0.2, 0.25) is 0 Å². The Balaban J connectivity index is 1.65. The molecule has 3 heterocycles. The minimum absolute atomic E-state index is 0.342. The van der Waals surface area contributed by atoms with Crippen molar-refractivity contribution in [2.45, 2.75) is 12.8 Å². The van der Waals surface area contributed by atoms with Crippen molar-refractivity contribution in [3.05, 3.63) is 23.8 Å². The van der Waals surface area contributed by atoms with Crippen molar-refractivity contribution >= 4 is 32.6 Å². The van der Waals surface area contributed by atoms with E-state index in [0.29, 0.717) is 11.0 Å². The molecule has 2 saturated heterocycles. The summed E-state index contributed by atoms with van der Waals surface area (Å²) in [5, 5.41) is 1.04. The van der Waals surface area contributed by atoms with E-state index in [1.165, 1.54) is 12.8 Å². The number of hydrogen-bond acceptors (Lipinski definition) is 5. The van der Waals surface area contributed by atoms with E-state index < -0.39 is 5.91 Å². The van der Waals surface area contributed by atoms with Crippen LogP contribution >= 0.6 is 11.3 Å². The van der Waals surface area contributed by atoms with E-state index in [-0.39, 0.29) is 0 Å². The molecule has 0 saturated carbocycles. The molecule has 2 N–H and O–H groups in total. The number of primary amides is 1. The lowest BCUT2D eigenvalue weighted by atomic mass is 9.78. The lowest BCUT2D eigenvalue weighted by Gasteiger charge is -2.48. The highest BCUT2D eigenvalue weighted by molar-refractivity contribution is 7.22. The van der Waals surface area contributed by atoms with E-state index in [1.54, 1.807) is 23.5 Å². The molecule has 110 valence electrons. The third kappa shape index (κ3) is 2.18. The molecular weight excluding hydrogens is 286 g/mol. The highest BCUT2D eigenvalue weighted by Crippen LogP contribution is 2.40. The molecule has 2 aliphatic heterocycles. The Bertz CT molecular complexity index is 708. The van der Waals surface area contributed by atoms with E-state index >= 15 is 0 Å². The van der Waals surface area contributed by atoms with Crippen molar-refractivity contribution in [3.63, 3.8) is 0 Å². The number of ether oxygens (including phenoxy) is 1. The number of rotatable bonds is 2. The van der Waals surface area contributed by atoms with Crippen LogP contribution in [0.1, 0.15) is 23.2 Å². The van der Waals surface area contributed by atoms with Crippen molar-refractivity contribution < 1.29 is 9.53 Å². The van der Waals surface area contributed by atoms with Gasteiger partial charge in [0.1, 0.15) is 0 Å². The number of hydrogen-bond donors (Lipinski definition) is 1. The van der Waals surface area contributed by atoms with Crippen LogP contribution in [0.3, 0.4) is 0 Å². The van der Waals surface area contributed by atoms with Gasteiger partial charge in [-0.05, 0) is 31.0 Å². The van der Waals surface area contributed by atoms with Crippen molar-refractivity contribution in [2.75, 3.05) is 31.2 Å². The van der Waals surface area contributed by atoms with Crippen molar-refractivity contribution in [1.82, 2.24) is 4.98 Å². The van der Waals surface area contributed by atoms with Gasteiger partial charge in [0.25, 0.3) is 0 Å². The number of benzene rings is 1. The minimum Gasteiger partial charge on any atom is -0.380 e. The number of nitrogens with two attached hydrogens (primary N) is 1. The van der Waals surface area contributed by atoms with Gasteiger partial charge in [-0.2, -0.15) is 0 Å². The molecular formula is C15H17N3O2S. The first-order chi connectivity index (χ1) is 10.2. The Hall–Kier alpha value is -1.66. The topological polar surface area (TPSA) is 68.5 Å². The summed E-state index contributed by atoms with van der Waals surface area (Å²) in [4.78, 5) is 18.3. The lowest BCUT2D eigenvalue weighted by Crippen LogP contribution is -2.54. The van der Waals surface area contributed by atoms with Crippen LogP contribution in [-0.4, -0.2) is 37.2 Å². The first kappa shape index (κ1) is 13.0. The number of carbonyl (C=O) groups excluding carboxylic acids is 1. The number of anilines is 1. The first-order valence-corrected chi connectivity index (χ1v) is 8.00. The van der Waals surface area contributed by atoms with Gasteiger partial charge in [0.2, 0.25) is 5.91 Å². The van der Waals surface area contributed by atoms with Gasteiger partial charge in [-0.3, -0.25) is 4.79 Å². The molecule has 21 heavy (non-hydrogen) atoms. The van der Waals surface area contributed by atoms with Crippen LogP contribution in [-0.2, 0) is 4.74 Å². The standard InChI is InChI=1S/C15H17N3O2S/c16-13(19)10-2-3-12-11(6-10)17-14(21-12)18-5-1-4-15(7-18)8-20-9-15/h2-3,6H,1,4-5,7-9H2,(H2,16,19). The number of fused-ring (bicyclic) bond motifs is 1. The summed E-state index contributed by atoms with van der Waals surface area (Å²) in [6.45, 7) is 3.82. The fraction of sp³-hybridized carbons (Fsp3) is 0.467. The molecule has 1 aromatic heterocycles. The second-order valence-electron chi connectivity index (χ2n) is 6.06. The zero-order valence-corrected chi connectivity index (χ0v) is 12.5. The fourth-order valence-electron chi connectivity index (χ4n) is 3.20. The molecule has 2 aromatic rings. The molecule has 0 atom stereocenters. The molecule has 0 unspecified atom stereocenters. The largest absolute Gasteiger partial charge is 0.380 e. The molecule has 2 fully saturated rings. The second-order valence-corrected chi connectivity index (χ2v) is 7.07. The normalized spacial score (nSPS) is 20.7. The fourth-order valence-corrected chi connectivity index (χ4v) is 4.17. The lowest BCUT2D eigenvalue weighted by molar-refractivity contribution is -0.117. The second kappa shape index (κ2) is 4.68. The molecule has 1 amide bonds. The Kier molecular flexibility index (Phi) is 2.90. The van der Waals surface area contributed by atoms with Crippen LogP contribution in [0.25, 0.3) is 10.2 Å². The van der Waals surface area contributed by atoms with Crippen molar-refractivity contribution in [3.8, 4) is 0 Å². The van der Waals surface area contributed by atoms with Crippen LogP contribution < -0.4 is 10.6 Å². The van der Waals surface area contributed by atoms with Gasteiger partial charge in [0, 0.05) is 24.1 Å². The maximum absolute atomic E-state index is 11.3. The summed E-state index contributed by atoms with van der Waals surface area (Å²) in [5.41, 5.74) is 7.04. The molecule has 2 aliphatic rings. The summed E-state index contributed by atoms with van der Waals surface area (Å²) in [7, 11) is 0. The number of nitrogens with zero attached hydrogens (tertiary/aromatic N) is 2. The smallest absolute Gasteiger partial charge is 0.248 e. The molecule has 6 heteroatoms. The predicted octanol–water partition coefficient (Wildman–Crippen LogP) is 2.01. The van der Waals surface area contributed by atoms with E-state index in [2.05, 4.69) is 4.90 Å². The molecule has 1 spiro atoms. The first-order valence-electron chi connectivity index (χ1n) is 7.18. The van der Waals surface area contributed by atoms with Crippen LogP contribution in [0.4, 0.5) is 5.13 Å². The van der Waals surface area contributed by atoms with E-state index in [4.69, 9.17) is 15.5 Å². The van der Waals surface area contributed by atoms with E-state index in [0.717, 1.165) is 41.7 Å². The monoisotopic (exact) mass is 303 g/mol. The number of aromatic nitrogens is 1. The van der Waals surface area contributed by atoms with Gasteiger partial charge in [-0.15, -0.1) is 0 Å². The minimum atomic E-state index is -0.407. The summed E-state index contributed by atoms with van der Waals surface area (Å²) >= 11 is 1.68. The maximum atomic E-state index is 11.3. The van der Waals surface area contributed by atoms with Gasteiger partial charge < -0.3 is 15.4 Å². The highest BCUT2D eigenvalue weighted by atomic mass is 32.1. The van der Waals surface area contributed by atoms with Crippen LogP contribution in [0.15, 0.2) is 18.2 Å². The maximum Gasteiger partial charge on any atom is 0.248 e. The summed E-state index contributed by atoms with van der Waals surface area (Å²) < 4.78 is 6.50. The average molecular weight is 303 g/mol. The average Bonchev–Trinajstić information content (AvgIpc) is 2.88. The third-order valence-electron chi connectivity index (χ3n) is 4.41. The van der Waals surface area contributed by atoms with Crippen LogP contribution in [0, 0.1) is 5.41 Å². The summed E-state index contributed by atoms with van der Waals surface area (Å²) in [5.74, 6) is -0.407. The van der Waals surface area contributed by atoms with Gasteiger partial charge in [-0.25, -0.2) is 4.98 Å². The summed E-state index contributed by atoms with van der Waals surface area (Å²) in [6.07, 6.45) is 2.44. The van der Waals surface area contributed by atoms with E-state index in [1.807, 2.05) is 6.07 Å². The van der Waals surface area contributed by atoms with Crippen molar-refractivity contribution in [1.29, 1.82) is 0 Å². The number of carbonyl (C=O) groups is 1. The summed E-state index contributed by atoms with van der Waals surface area (Å²) in [6, 6.07) is 5.48.